The molecule has 2 nitrogen and oxygen atoms in total. The quantitative estimate of drug-likeness (QED) is 0.890. The molecule has 0 aliphatic carbocycles. The summed E-state index contributed by atoms with van der Waals surface area (Å²) in [5, 5.41) is 2.92. The maximum atomic E-state index is 11.4. The molecule has 0 saturated carbocycles. The molecule has 1 unspecified atom stereocenters. The highest BCUT2D eigenvalue weighted by molar-refractivity contribution is 5.85. The highest BCUT2D eigenvalue weighted by Gasteiger charge is 2.07. The highest BCUT2D eigenvalue weighted by Crippen LogP contribution is 2.21. The first kappa shape index (κ1) is 14.1. The molecule has 0 bridgehead atoms. The Kier molecular flexibility index (Phi) is 4.72. The lowest BCUT2D eigenvalue weighted by molar-refractivity contribution is -0.117. The molecule has 2 aromatic rings. The van der Waals surface area contributed by atoms with Crippen molar-refractivity contribution < 1.29 is 4.79 Å². The molecule has 0 aliphatic rings. The topological polar surface area (TPSA) is 29.1 Å². The predicted octanol–water partition coefficient (Wildman–Crippen LogP) is 3.97. The van der Waals surface area contributed by atoms with Crippen LogP contribution >= 0.6 is 0 Å². The van der Waals surface area contributed by atoms with Gasteiger partial charge < -0.3 is 5.32 Å². The molecule has 0 spiro atoms. The van der Waals surface area contributed by atoms with E-state index in [0.717, 1.165) is 11.3 Å². The van der Waals surface area contributed by atoms with Crippen LogP contribution in [-0.2, 0) is 4.79 Å². The van der Waals surface area contributed by atoms with E-state index in [2.05, 4.69) is 30.4 Å². The van der Waals surface area contributed by atoms with E-state index >= 15 is 0 Å². The fourth-order valence-electron chi connectivity index (χ4n) is 2.12. The van der Waals surface area contributed by atoms with E-state index < -0.39 is 0 Å². The third-order valence-electron chi connectivity index (χ3n) is 3.14. The number of carbonyl (C=O) groups excluding carboxylic acids is 1. The third-order valence-corrected chi connectivity index (χ3v) is 3.14. The molecule has 0 radical (unpaired) electrons. The average molecular weight is 265 g/mol. The zero-order valence-corrected chi connectivity index (χ0v) is 11.8. The van der Waals surface area contributed by atoms with Gasteiger partial charge in [0.25, 0.3) is 0 Å². The number of hydrogen-bond donors (Lipinski definition) is 1. The van der Waals surface area contributed by atoms with Crippen molar-refractivity contribution in [3.8, 4) is 0 Å². The second-order valence-corrected chi connectivity index (χ2v) is 4.83. The first-order valence-corrected chi connectivity index (χ1v) is 6.76. The van der Waals surface area contributed by atoms with E-state index in [0.29, 0.717) is 0 Å². The van der Waals surface area contributed by atoms with Crippen molar-refractivity contribution >= 4 is 11.6 Å². The average Bonchev–Trinajstić information content (AvgIpc) is 2.48. The molecular formula is C18H19NO. The van der Waals surface area contributed by atoms with E-state index in [4.69, 9.17) is 0 Å². The van der Waals surface area contributed by atoms with E-state index in [-0.39, 0.29) is 11.8 Å². The Bertz CT molecular complexity index is 587. The molecule has 1 atom stereocenters. The number of nitrogens with one attached hydrogen (secondary N) is 1. The lowest BCUT2D eigenvalue weighted by atomic mass is 9.98. The number of hydrogen-bond acceptors (Lipinski definition) is 1. The van der Waals surface area contributed by atoms with Crippen LogP contribution in [0.25, 0.3) is 5.70 Å². The van der Waals surface area contributed by atoms with E-state index in [1.54, 1.807) is 0 Å². The fourth-order valence-corrected chi connectivity index (χ4v) is 2.12. The van der Waals surface area contributed by atoms with E-state index in [9.17, 15) is 4.79 Å². The van der Waals surface area contributed by atoms with Gasteiger partial charge in [-0.3, -0.25) is 4.79 Å². The molecular weight excluding hydrogens is 246 g/mol. The zero-order valence-electron chi connectivity index (χ0n) is 11.8. The van der Waals surface area contributed by atoms with Crippen LogP contribution in [0.15, 0.2) is 66.7 Å². The Morgan fingerprint density at radius 2 is 1.55 bits per heavy atom. The maximum Gasteiger partial charge on any atom is 0.221 e. The summed E-state index contributed by atoms with van der Waals surface area (Å²) < 4.78 is 0. The molecule has 0 saturated heterocycles. The van der Waals surface area contributed by atoms with Crippen LogP contribution in [0.5, 0.6) is 0 Å². The van der Waals surface area contributed by atoms with Crippen LogP contribution in [0, 0.1) is 0 Å². The summed E-state index contributed by atoms with van der Waals surface area (Å²) in [4.78, 5) is 11.4. The van der Waals surface area contributed by atoms with Crippen molar-refractivity contribution in [2.75, 3.05) is 0 Å². The number of amides is 1. The summed E-state index contributed by atoms with van der Waals surface area (Å²) in [7, 11) is 0. The monoisotopic (exact) mass is 265 g/mol. The van der Waals surface area contributed by atoms with Gasteiger partial charge in [0.2, 0.25) is 5.91 Å². The fraction of sp³-hybridized carbons (Fsp3) is 0.167. The Balaban J connectivity index is 2.31. The molecule has 1 N–H and O–H groups in total. The van der Waals surface area contributed by atoms with Crippen molar-refractivity contribution in [1.29, 1.82) is 0 Å². The molecule has 0 aliphatic heterocycles. The maximum absolute atomic E-state index is 11.4. The zero-order chi connectivity index (χ0) is 14.4. The summed E-state index contributed by atoms with van der Waals surface area (Å²) >= 11 is 0. The molecule has 102 valence electrons. The molecule has 0 aromatic heterocycles. The number of allylic oxidation sites excluding steroid dienone is 1. The summed E-state index contributed by atoms with van der Waals surface area (Å²) in [6.07, 6.45) is 2.09. The van der Waals surface area contributed by atoms with Crippen LogP contribution in [0.4, 0.5) is 0 Å². The van der Waals surface area contributed by atoms with Gasteiger partial charge in [0.15, 0.2) is 0 Å². The van der Waals surface area contributed by atoms with Gasteiger partial charge >= 0.3 is 0 Å². The van der Waals surface area contributed by atoms with Gasteiger partial charge in [-0.05, 0) is 11.1 Å². The lowest BCUT2D eigenvalue weighted by Crippen LogP contribution is -2.18. The van der Waals surface area contributed by atoms with Crippen LogP contribution in [-0.4, -0.2) is 5.91 Å². The van der Waals surface area contributed by atoms with E-state index in [1.165, 1.54) is 12.5 Å². The minimum absolute atomic E-state index is 0.0552. The third kappa shape index (κ3) is 3.82. The van der Waals surface area contributed by atoms with Gasteiger partial charge in [0, 0.05) is 18.5 Å². The van der Waals surface area contributed by atoms with Gasteiger partial charge in [-0.1, -0.05) is 73.7 Å². The van der Waals surface area contributed by atoms with Crippen LogP contribution in [0.1, 0.15) is 30.9 Å². The van der Waals surface area contributed by atoms with Crippen molar-refractivity contribution in [1.82, 2.24) is 5.32 Å². The molecule has 2 aromatic carbocycles. The number of rotatable bonds is 4. The minimum atomic E-state index is -0.0552. The van der Waals surface area contributed by atoms with Gasteiger partial charge in [0.1, 0.15) is 0 Å². The van der Waals surface area contributed by atoms with Crippen molar-refractivity contribution in [2.45, 2.75) is 19.8 Å². The summed E-state index contributed by atoms with van der Waals surface area (Å²) in [6.45, 7) is 3.66. The Morgan fingerprint density at radius 1 is 1.00 bits per heavy atom. The first-order chi connectivity index (χ1) is 9.66. The van der Waals surface area contributed by atoms with Crippen molar-refractivity contribution in [3.05, 3.63) is 77.9 Å². The van der Waals surface area contributed by atoms with Crippen molar-refractivity contribution in [2.24, 2.45) is 0 Å². The van der Waals surface area contributed by atoms with Crippen molar-refractivity contribution in [3.63, 3.8) is 0 Å². The normalized spacial score (nSPS) is 12.8. The lowest BCUT2D eigenvalue weighted by Gasteiger charge is -2.13. The summed E-state index contributed by atoms with van der Waals surface area (Å²) in [5.41, 5.74) is 3.10. The first-order valence-electron chi connectivity index (χ1n) is 6.76. The molecule has 2 rings (SSSR count). The van der Waals surface area contributed by atoms with E-state index in [1.807, 2.05) is 48.5 Å². The van der Waals surface area contributed by atoms with Crippen LogP contribution < -0.4 is 5.32 Å². The van der Waals surface area contributed by atoms with Gasteiger partial charge in [-0.2, -0.15) is 0 Å². The van der Waals surface area contributed by atoms with Gasteiger partial charge in [-0.25, -0.2) is 0 Å². The molecule has 0 fully saturated rings. The largest absolute Gasteiger partial charge is 0.326 e. The number of carbonyl (C=O) groups is 1. The highest BCUT2D eigenvalue weighted by atomic mass is 16.1. The Morgan fingerprint density at radius 3 is 2.10 bits per heavy atom. The second kappa shape index (κ2) is 6.71. The summed E-state index contributed by atoms with van der Waals surface area (Å²) in [5.74, 6) is 0.179. The Labute approximate surface area is 120 Å². The standard InChI is InChI=1S/C18H19NO/c1-14(16-9-5-3-6-10-16)13-18(19-15(2)20)17-11-7-4-8-12-17/h3-14H,1-2H3,(H,19,20)/b18-13-. The van der Waals surface area contributed by atoms with Crippen LogP contribution in [0.3, 0.4) is 0 Å². The molecule has 1 amide bonds. The molecule has 2 heteroatoms. The smallest absolute Gasteiger partial charge is 0.221 e. The van der Waals surface area contributed by atoms with Gasteiger partial charge in [-0.15, -0.1) is 0 Å². The van der Waals surface area contributed by atoms with Crippen LogP contribution in [0.2, 0.25) is 0 Å². The Hall–Kier alpha value is -2.35. The second-order valence-electron chi connectivity index (χ2n) is 4.83. The minimum Gasteiger partial charge on any atom is -0.326 e. The van der Waals surface area contributed by atoms with Gasteiger partial charge in [0.05, 0.1) is 0 Å². The molecule has 0 heterocycles. The predicted molar refractivity (Wildman–Crippen MR) is 83.1 cm³/mol. The molecule has 20 heavy (non-hydrogen) atoms. The number of benzene rings is 2. The SMILES string of the molecule is CC(=O)N/C(=C\C(C)c1ccccc1)c1ccccc1. The summed E-state index contributed by atoms with van der Waals surface area (Å²) in [6, 6.07) is 20.2.